The van der Waals surface area contributed by atoms with Gasteiger partial charge in [0, 0.05) is 17.6 Å². The van der Waals surface area contributed by atoms with E-state index in [0.717, 1.165) is 5.57 Å². The van der Waals surface area contributed by atoms with E-state index in [1.165, 1.54) is 17.6 Å². The molecule has 0 spiro atoms. The smallest absolute Gasteiger partial charge is 0.250 e. The van der Waals surface area contributed by atoms with E-state index in [0.29, 0.717) is 11.0 Å². The third-order valence-electron chi connectivity index (χ3n) is 1.18. The molecular weight excluding hydrogens is 186 g/mol. The van der Waals surface area contributed by atoms with Crippen LogP contribution in [0.3, 0.4) is 0 Å². The summed E-state index contributed by atoms with van der Waals surface area (Å²) in [6.07, 6.45) is 1.52. The van der Waals surface area contributed by atoms with Crippen LogP contribution in [0.25, 0.3) is 0 Å². The van der Waals surface area contributed by atoms with Gasteiger partial charge < -0.3 is 0 Å². The van der Waals surface area contributed by atoms with Crippen LogP contribution in [0.2, 0.25) is 0 Å². The van der Waals surface area contributed by atoms with Crippen molar-refractivity contribution in [1.82, 2.24) is 9.36 Å². The van der Waals surface area contributed by atoms with Crippen LogP contribution in [0, 0.1) is 6.92 Å². The molecule has 4 nitrogen and oxygen atoms in total. The van der Waals surface area contributed by atoms with Crippen molar-refractivity contribution in [2.75, 3.05) is 5.32 Å². The van der Waals surface area contributed by atoms with E-state index >= 15 is 0 Å². The molecule has 70 valence electrons. The van der Waals surface area contributed by atoms with E-state index in [9.17, 15) is 4.79 Å². The van der Waals surface area contributed by atoms with E-state index in [4.69, 9.17) is 0 Å². The molecular formula is C8H11N3OS. The van der Waals surface area contributed by atoms with Gasteiger partial charge in [0.25, 0.3) is 0 Å². The molecule has 0 unspecified atom stereocenters. The Kier molecular flexibility index (Phi) is 3.13. The van der Waals surface area contributed by atoms with Gasteiger partial charge in [-0.1, -0.05) is 5.57 Å². The summed E-state index contributed by atoms with van der Waals surface area (Å²) in [5, 5.41) is 3.17. The second-order valence-corrected chi connectivity index (χ2v) is 3.61. The highest BCUT2D eigenvalue weighted by Gasteiger charge is 2.02. The third-order valence-corrected chi connectivity index (χ3v) is 1.90. The highest BCUT2D eigenvalue weighted by Crippen LogP contribution is 2.09. The molecule has 0 saturated carbocycles. The Morgan fingerprint density at radius 3 is 2.69 bits per heavy atom. The van der Waals surface area contributed by atoms with Crippen molar-refractivity contribution in [3.63, 3.8) is 0 Å². The molecule has 13 heavy (non-hydrogen) atoms. The molecule has 0 aliphatic carbocycles. The molecule has 0 saturated heterocycles. The van der Waals surface area contributed by atoms with Gasteiger partial charge in [-0.2, -0.15) is 4.37 Å². The monoisotopic (exact) mass is 197 g/mol. The molecule has 1 amide bonds. The Labute approximate surface area is 80.9 Å². The number of amides is 1. The normalized spacial score (nSPS) is 9.46. The van der Waals surface area contributed by atoms with Crippen LogP contribution in [0.5, 0.6) is 0 Å². The van der Waals surface area contributed by atoms with Crippen LogP contribution < -0.4 is 5.32 Å². The lowest BCUT2D eigenvalue weighted by Crippen LogP contribution is -2.07. The number of aromatic nitrogens is 2. The number of nitrogens with one attached hydrogen (secondary N) is 1. The van der Waals surface area contributed by atoms with Crippen molar-refractivity contribution in [3.05, 3.63) is 17.5 Å². The van der Waals surface area contributed by atoms with Crippen LogP contribution in [-0.2, 0) is 4.79 Å². The van der Waals surface area contributed by atoms with Crippen molar-refractivity contribution < 1.29 is 4.79 Å². The summed E-state index contributed by atoms with van der Waals surface area (Å²) in [6.45, 7) is 5.52. The zero-order valence-corrected chi connectivity index (χ0v) is 8.60. The minimum atomic E-state index is -0.156. The van der Waals surface area contributed by atoms with Gasteiger partial charge in [0.05, 0.1) is 0 Å². The minimum Gasteiger partial charge on any atom is -0.297 e. The summed E-state index contributed by atoms with van der Waals surface area (Å²) < 4.78 is 3.94. The Bertz CT molecular complexity index is 339. The fourth-order valence-corrected chi connectivity index (χ4v) is 1.33. The molecule has 1 N–H and O–H groups in total. The summed E-state index contributed by atoms with van der Waals surface area (Å²) in [5.41, 5.74) is 0.957. The number of aryl methyl sites for hydroxylation is 1. The number of hydrogen-bond donors (Lipinski definition) is 1. The van der Waals surface area contributed by atoms with Crippen molar-refractivity contribution in [1.29, 1.82) is 0 Å². The molecule has 0 aliphatic heterocycles. The van der Waals surface area contributed by atoms with Gasteiger partial charge in [-0.05, 0) is 20.8 Å². The van der Waals surface area contributed by atoms with Crippen LogP contribution in [0.4, 0.5) is 5.13 Å². The first-order chi connectivity index (χ1) is 6.08. The summed E-state index contributed by atoms with van der Waals surface area (Å²) in [7, 11) is 0. The first-order valence-corrected chi connectivity index (χ1v) is 4.61. The highest BCUT2D eigenvalue weighted by atomic mass is 32.1. The zero-order valence-electron chi connectivity index (χ0n) is 7.79. The fourth-order valence-electron chi connectivity index (χ4n) is 0.752. The summed E-state index contributed by atoms with van der Waals surface area (Å²) in [4.78, 5) is 15.2. The predicted octanol–water partition coefficient (Wildman–Crippen LogP) is 1.75. The molecule has 1 aromatic rings. The van der Waals surface area contributed by atoms with Gasteiger partial charge in [-0.25, -0.2) is 4.98 Å². The SMILES string of the molecule is CC(C)=CC(=O)Nc1nc(C)ns1. The second kappa shape index (κ2) is 4.13. The first kappa shape index (κ1) is 9.85. The van der Waals surface area contributed by atoms with Crippen molar-refractivity contribution in [3.8, 4) is 0 Å². The number of carbonyl (C=O) groups is 1. The average Bonchev–Trinajstić information content (AvgIpc) is 2.33. The molecule has 0 bridgehead atoms. The lowest BCUT2D eigenvalue weighted by Gasteiger charge is -1.94. The van der Waals surface area contributed by atoms with Crippen LogP contribution in [-0.4, -0.2) is 15.3 Å². The molecule has 0 atom stereocenters. The van der Waals surface area contributed by atoms with Crippen LogP contribution in [0.15, 0.2) is 11.6 Å². The number of nitrogens with zero attached hydrogens (tertiary/aromatic N) is 2. The van der Waals surface area contributed by atoms with Gasteiger partial charge in [0.2, 0.25) is 11.0 Å². The van der Waals surface area contributed by atoms with Crippen molar-refractivity contribution >= 4 is 22.6 Å². The number of hydrogen-bond acceptors (Lipinski definition) is 4. The summed E-state index contributed by atoms with van der Waals surface area (Å²) >= 11 is 1.18. The first-order valence-electron chi connectivity index (χ1n) is 3.84. The van der Waals surface area contributed by atoms with E-state index in [1.807, 2.05) is 13.8 Å². The standard InChI is InChI=1S/C8H11N3OS/c1-5(2)4-7(12)10-8-9-6(3)11-13-8/h4H,1-3H3,(H,9,10,11,12). The number of allylic oxidation sites excluding steroid dienone is 1. The molecule has 0 aliphatic rings. The molecule has 0 fully saturated rings. The average molecular weight is 197 g/mol. The highest BCUT2D eigenvalue weighted by molar-refractivity contribution is 7.09. The molecule has 0 radical (unpaired) electrons. The maximum Gasteiger partial charge on any atom is 0.250 e. The Balaban J connectivity index is 2.60. The second-order valence-electron chi connectivity index (χ2n) is 2.86. The lowest BCUT2D eigenvalue weighted by atomic mass is 10.3. The van der Waals surface area contributed by atoms with Gasteiger partial charge in [0.15, 0.2) is 0 Å². The molecule has 1 heterocycles. The topological polar surface area (TPSA) is 54.9 Å². The Hall–Kier alpha value is -1.23. The van der Waals surface area contributed by atoms with Crippen molar-refractivity contribution in [2.24, 2.45) is 0 Å². The van der Waals surface area contributed by atoms with E-state index in [2.05, 4.69) is 14.7 Å². The van der Waals surface area contributed by atoms with Crippen molar-refractivity contribution in [2.45, 2.75) is 20.8 Å². The van der Waals surface area contributed by atoms with Gasteiger partial charge in [0.1, 0.15) is 5.82 Å². The van der Waals surface area contributed by atoms with Gasteiger partial charge in [-0.3, -0.25) is 10.1 Å². The van der Waals surface area contributed by atoms with E-state index in [-0.39, 0.29) is 5.91 Å². The van der Waals surface area contributed by atoms with Crippen LogP contribution >= 0.6 is 11.5 Å². The Morgan fingerprint density at radius 1 is 1.54 bits per heavy atom. The maximum absolute atomic E-state index is 11.2. The van der Waals surface area contributed by atoms with Gasteiger partial charge >= 0.3 is 0 Å². The van der Waals surface area contributed by atoms with E-state index in [1.54, 1.807) is 6.92 Å². The number of carbonyl (C=O) groups excluding carboxylic acids is 1. The third kappa shape index (κ3) is 3.33. The summed E-state index contributed by atoms with van der Waals surface area (Å²) in [6, 6.07) is 0. The predicted molar refractivity (Wildman–Crippen MR) is 52.7 cm³/mol. The Morgan fingerprint density at radius 2 is 2.23 bits per heavy atom. The molecule has 1 rings (SSSR count). The maximum atomic E-state index is 11.2. The van der Waals surface area contributed by atoms with Gasteiger partial charge in [-0.15, -0.1) is 0 Å². The largest absolute Gasteiger partial charge is 0.297 e. The number of rotatable bonds is 2. The fraction of sp³-hybridized carbons (Fsp3) is 0.375. The van der Waals surface area contributed by atoms with E-state index < -0.39 is 0 Å². The summed E-state index contributed by atoms with van der Waals surface area (Å²) in [5.74, 6) is 0.522. The van der Waals surface area contributed by atoms with Crippen LogP contribution in [0.1, 0.15) is 19.7 Å². The molecule has 1 aromatic heterocycles. The minimum absolute atomic E-state index is 0.156. The number of anilines is 1. The molecule has 5 heteroatoms. The molecule has 0 aromatic carbocycles. The zero-order chi connectivity index (χ0) is 9.84. The quantitative estimate of drug-likeness (QED) is 0.735. The lowest BCUT2D eigenvalue weighted by molar-refractivity contribution is -0.111.